The molecule has 3 heteroatoms. The Morgan fingerprint density at radius 3 is 2.58 bits per heavy atom. The molecule has 1 aliphatic rings. The third-order valence-corrected chi connectivity index (χ3v) is 4.11. The van der Waals surface area contributed by atoms with Crippen molar-refractivity contribution in [3.05, 3.63) is 35.9 Å². The average Bonchev–Trinajstić information content (AvgIpc) is 2.37. The minimum absolute atomic E-state index is 0.0486. The Kier molecular flexibility index (Phi) is 4.56. The minimum atomic E-state index is -2.69. The van der Waals surface area contributed by atoms with Gasteiger partial charge in [-0.15, -0.1) is 0 Å². The highest BCUT2D eigenvalue weighted by Gasteiger charge is 2.48. The second-order valence-corrected chi connectivity index (χ2v) is 5.81. The number of hydrogen-bond donors (Lipinski definition) is 0. The van der Waals surface area contributed by atoms with E-state index in [9.17, 15) is 8.78 Å². The molecule has 0 unspecified atom stereocenters. The standard InChI is InChI=1S/C16H22F2O/c1-12(2)14-10-19-11-16(17,18)15(14)9-8-13-6-4-3-5-7-13/h3-7,12,14-15H,8-11H2,1-2H3/t14-,15+/m0/s1. The van der Waals surface area contributed by atoms with Crippen molar-refractivity contribution in [3.8, 4) is 0 Å². The van der Waals surface area contributed by atoms with Gasteiger partial charge in [-0.1, -0.05) is 44.2 Å². The van der Waals surface area contributed by atoms with Crippen molar-refractivity contribution in [2.24, 2.45) is 17.8 Å². The summed E-state index contributed by atoms with van der Waals surface area (Å²) in [4.78, 5) is 0. The zero-order valence-electron chi connectivity index (χ0n) is 11.6. The van der Waals surface area contributed by atoms with E-state index >= 15 is 0 Å². The van der Waals surface area contributed by atoms with E-state index in [1.807, 2.05) is 44.2 Å². The van der Waals surface area contributed by atoms with E-state index in [-0.39, 0.29) is 11.8 Å². The summed E-state index contributed by atoms with van der Waals surface area (Å²) in [5.41, 5.74) is 1.13. The molecule has 0 radical (unpaired) electrons. The third-order valence-electron chi connectivity index (χ3n) is 4.11. The summed E-state index contributed by atoms with van der Waals surface area (Å²) in [6, 6.07) is 9.86. The summed E-state index contributed by atoms with van der Waals surface area (Å²) in [6.07, 6.45) is 1.24. The lowest BCUT2D eigenvalue weighted by Gasteiger charge is -2.40. The van der Waals surface area contributed by atoms with E-state index in [4.69, 9.17) is 4.74 Å². The lowest BCUT2D eigenvalue weighted by molar-refractivity contribution is -0.188. The molecular formula is C16H22F2O. The monoisotopic (exact) mass is 268 g/mol. The molecule has 2 rings (SSSR count). The molecule has 0 spiro atoms. The first-order chi connectivity index (χ1) is 9.00. The first-order valence-electron chi connectivity index (χ1n) is 7.00. The maximum absolute atomic E-state index is 14.1. The van der Waals surface area contributed by atoms with E-state index in [2.05, 4.69) is 0 Å². The van der Waals surface area contributed by atoms with Crippen LogP contribution in [0.1, 0.15) is 25.8 Å². The van der Waals surface area contributed by atoms with Gasteiger partial charge in [-0.05, 0) is 30.2 Å². The van der Waals surface area contributed by atoms with Crippen LogP contribution in [0.25, 0.3) is 0 Å². The summed E-state index contributed by atoms with van der Waals surface area (Å²) in [5, 5.41) is 0. The molecule has 0 bridgehead atoms. The summed E-state index contributed by atoms with van der Waals surface area (Å²) in [7, 11) is 0. The molecule has 0 aromatic heterocycles. The van der Waals surface area contributed by atoms with Gasteiger partial charge in [0.25, 0.3) is 5.92 Å². The Bertz CT molecular complexity index is 389. The number of ether oxygens (including phenoxy) is 1. The smallest absolute Gasteiger partial charge is 0.274 e. The molecule has 0 N–H and O–H groups in total. The molecular weight excluding hydrogens is 246 g/mol. The fraction of sp³-hybridized carbons (Fsp3) is 0.625. The molecule has 19 heavy (non-hydrogen) atoms. The Labute approximate surface area is 114 Å². The zero-order valence-corrected chi connectivity index (χ0v) is 11.6. The summed E-state index contributed by atoms with van der Waals surface area (Å²) in [6.45, 7) is 4.05. The lowest BCUT2D eigenvalue weighted by Crippen LogP contribution is -2.47. The van der Waals surface area contributed by atoms with Gasteiger partial charge in [0.1, 0.15) is 6.61 Å². The van der Waals surface area contributed by atoms with Gasteiger partial charge in [0.15, 0.2) is 0 Å². The van der Waals surface area contributed by atoms with Gasteiger partial charge in [0.2, 0.25) is 0 Å². The van der Waals surface area contributed by atoms with Crippen molar-refractivity contribution in [2.75, 3.05) is 13.2 Å². The maximum atomic E-state index is 14.1. The predicted molar refractivity (Wildman–Crippen MR) is 72.3 cm³/mol. The van der Waals surface area contributed by atoms with Crippen molar-refractivity contribution < 1.29 is 13.5 Å². The predicted octanol–water partition coefficient (Wildman–Crippen LogP) is 4.17. The average molecular weight is 268 g/mol. The van der Waals surface area contributed by atoms with Gasteiger partial charge in [0, 0.05) is 5.92 Å². The first-order valence-corrected chi connectivity index (χ1v) is 7.00. The molecule has 0 aliphatic carbocycles. The largest absolute Gasteiger partial charge is 0.375 e. The fourth-order valence-corrected chi connectivity index (χ4v) is 2.92. The van der Waals surface area contributed by atoms with E-state index < -0.39 is 18.4 Å². The molecule has 1 aliphatic heterocycles. The van der Waals surface area contributed by atoms with Crippen molar-refractivity contribution in [2.45, 2.75) is 32.6 Å². The van der Waals surface area contributed by atoms with Crippen LogP contribution in [0.4, 0.5) is 8.78 Å². The molecule has 1 heterocycles. The summed E-state index contributed by atoms with van der Waals surface area (Å²) in [5.74, 6) is -3.08. The highest BCUT2D eigenvalue weighted by atomic mass is 19.3. The summed E-state index contributed by atoms with van der Waals surface area (Å²) >= 11 is 0. The van der Waals surface area contributed by atoms with Gasteiger partial charge in [0.05, 0.1) is 6.61 Å². The van der Waals surface area contributed by atoms with Gasteiger partial charge >= 0.3 is 0 Å². The number of halogens is 2. The third kappa shape index (κ3) is 3.53. The van der Waals surface area contributed by atoms with Crippen molar-refractivity contribution >= 4 is 0 Å². The quantitative estimate of drug-likeness (QED) is 0.796. The maximum Gasteiger partial charge on any atom is 0.274 e. The molecule has 1 fully saturated rings. The molecule has 1 aromatic carbocycles. The van der Waals surface area contributed by atoms with Crippen LogP contribution in [0.2, 0.25) is 0 Å². The number of benzene rings is 1. The van der Waals surface area contributed by atoms with Crippen LogP contribution < -0.4 is 0 Å². The molecule has 106 valence electrons. The molecule has 0 saturated carbocycles. The highest BCUT2D eigenvalue weighted by Crippen LogP contribution is 2.41. The Hall–Kier alpha value is -0.960. The van der Waals surface area contributed by atoms with Gasteiger partial charge in [-0.25, -0.2) is 8.78 Å². The van der Waals surface area contributed by atoms with Gasteiger partial charge in [-0.3, -0.25) is 0 Å². The zero-order chi connectivity index (χ0) is 13.9. The topological polar surface area (TPSA) is 9.23 Å². The highest BCUT2D eigenvalue weighted by molar-refractivity contribution is 5.15. The van der Waals surface area contributed by atoms with Crippen LogP contribution in [-0.2, 0) is 11.2 Å². The van der Waals surface area contributed by atoms with E-state index in [1.54, 1.807) is 0 Å². The molecule has 1 saturated heterocycles. The second-order valence-electron chi connectivity index (χ2n) is 5.81. The minimum Gasteiger partial charge on any atom is -0.375 e. The van der Waals surface area contributed by atoms with E-state index in [0.29, 0.717) is 19.4 Å². The Morgan fingerprint density at radius 1 is 1.26 bits per heavy atom. The Balaban J connectivity index is 2.05. The van der Waals surface area contributed by atoms with Gasteiger partial charge < -0.3 is 4.74 Å². The molecule has 1 aromatic rings. The molecule has 2 atom stereocenters. The number of aryl methyl sites for hydroxylation is 1. The van der Waals surface area contributed by atoms with Crippen LogP contribution in [-0.4, -0.2) is 19.1 Å². The first kappa shape index (κ1) is 14.4. The SMILES string of the molecule is CC(C)[C@@H]1COCC(F)(F)[C@@H]1CCc1ccccc1. The summed E-state index contributed by atoms with van der Waals surface area (Å²) < 4.78 is 33.2. The van der Waals surface area contributed by atoms with Crippen LogP contribution >= 0.6 is 0 Å². The molecule has 0 amide bonds. The van der Waals surface area contributed by atoms with Crippen molar-refractivity contribution in [1.29, 1.82) is 0 Å². The number of hydrogen-bond acceptors (Lipinski definition) is 1. The van der Waals surface area contributed by atoms with Crippen LogP contribution in [0.15, 0.2) is 30.3 Å². The van der Waals surface area contributed by atoms with Crippen LogP contribution in [0, 0.1) is 17.8 Å². The van der Waals surface area contributed by atoms with Crippen molar-refractivity contribution in [1.82, 2.24) is 0 Å². The normalized spacial score (nSPS) is 26.6. The molecule has 1 nitrogen and oxygen atoms in total. The number of alkyl halides is 2. The fourth-order valence-electron chi connectivity index (χ4n) is 2.92. The van der Waals surface area contributed by atoms with Crippen LogP contribution in [0.3, 0.4) is 0 Å². The van der Waals surface area contributed by atoms with E-state index in [1.165, 1.54) is 0 Å². The lowest BCUT2D eigenvalue weighted by atomic mass is 9.76. The van der Waals surface area contributed by atoms with E-state index in [0.717, 1.165) is 5.56 Å². The van der Waals surface area contributed by atoms with Crippen molar-refractivity contribution in [3.63, 3.8) is 0 Å². The van der Waals surface area contributed by atoms with Gasteiger partial charge in [-0.2, -0.15) is 0 Å². The second kappa shape index (κ2) is 6.00. The van der Waals surface area contributed by atoms with Crippen LogP contribution in [0.5, 0.6) is 0 Å². The Morgan fingerprint density at radius 2 is 1.95 bits per heavy atom. The number of rotatable bonds is 4.